The van der Waals surface area contributed by atoms with Crippen molar-refractivity contribution in [2.45, 2.75) is 33.3 Å². The van der Waals surface area contributed by atoms with E-state index < -0.39 is 0 Å². The van der Waals surface area contributed by atoms with Gasteiger partial charge in [0.25, 0.3) is 5.91 Å². The first-order chi connectivity index (χ1) is 11.5. The summed E-state index contributed by atoms with van der Waals surface area (Å²) in [6.07, 6.45) is 0.985. The smallest absolute Gasteiger partial charge is 0.262 e. The maximum atomic E-state index is 12.2. The third kappa shape index (κ3) is 5.27. The number of amides is 1. The third-order valence-corrected chi connectivity index (χ3v) is 3.91. The van der Waals surface area contributed by atoms with Crippen LogP contribution in [-0.4, -0.2) is 18.6 Å². The molecule has 0 fully saturated rings. The average molecular weight is 392 g/mol. The van der Waals surface area contributed by atoms with Crippen LogP contribution in [0.4, 0.5) is 5.69 Å². The monoisotopic (exact) mass is 391 g/mol. The van der Waals surface area contributed by atoms with Gasteiger partial charge in [0.05, 0.1) is 16.3 Å². The van der Waals surface area contributed by atoms with Crippen LogP contribution in [0.3, 0.4) is 0 Å². The summed E-state index contributed by atoms with van der Waals surface area (Å²) in [5.41, 5.74) is 1.85. The van der Waals surface area contributed by atoms with Gasteiger partial charge in [0.1, 0.15) is 11.5 Å². The predicted molar refractivity (Wildman–Crippen MR) is 99.9 cm³/mol. The summed E-state index contributed by atoms with van der Waals surface area (Å²) in [6.45, 7) is 5.91. The Hall–Kier alpha value is -2.01. The number of carbonyl (C=O) groups is 1. The molecule has 0 spiro atoms. The fraction of sp³-hybridized carbons (Fsp3) is 0.316. The Kier molecular flexibility index (Phi) is 6.67. The van der Waals surface area contributed by atoms with Crippen molar-refractivity contribution in [3.8, 4) is 11.5 Å². The number of para-hydroxylation sites is 2. The van der Waals surface area contributed by atoms with Gasteiger partial charge in [-0.15, -0.1) is 0 Å². The summed E-state index contributed by atoms with van der Waals surface area (Å²) >= 11 is 3.47. The zero-order valence-corrected chi connectivity index (χ0v) is 15.7. The zero-order chi connectivity index (χ0) is 17.5. The van der Waals surface area contributed by atoms with Crippen molar-refractivity contribution in [1.29, 1.82) is 0 Å². The summed E-state index contributed by atoms with van der Waals surface area (Å²) in [7, 11) is 0. The van der Waals surface area contributed by atoms with E-state index in [1.165, 1.54) is 5.56 Å². The first-order valence-electron chi connectivity index (χ1n) is 7.96. The van der Waals surface area contributed by atoms with E-state index in [4.69, 9.17) is 9.47 Å². The Morgan fingerprint density at radius 2 is 1.92 bits per heavy atom. The highest BCUT2D eigenvalue weighted by Crippen LogP contribution is 2.27. The second-order valence-corrected chi connectivity index (χ2v) is 6.47. The van der Waals surface area contributed by atoms with Crippen molar-refractivity contribution in [2.75, 3.05) is 11.9 Å². The molecule has 0 saturated heterocycles. The Labute approximate surface area is 151 Å². The lowest BCUT2D eigenvalue weighted by molar-refractivity contribution is -0.118. The molecule has 0 unspecified atom stereocenters. The molecular formula is C19H22BrNO3. The molecule has 0 radical (unpaired) electrons. The second kappa shape index (κ2) is 8.73. The molecule has 0 aliphatic heterocycles. The van der Waals surface area contributed by atoms with Gasteiger partial charge in [-0.25, -0.2) is 0 Å². The number of nitrogens with one attached hydrogen (secondary N) is 1. The van der Waals surface area contributed by atoms with Crippen LogP contribution in [0.5, 0.6) is 11.5 Å². The van der Waals surface area contributed by atoms with Crippen molar-refractivity contribution in [2.24, 2.45) is 0 Å². The van der Waals surface area contributed by atoms with Crippen LogP contribution in [0, 0.1) is 0 Å². The molecule has 0 bridgehead atoms. The Morgan fingerprint density at radius 1 is 1.17 bits per heavy atom. The van der Waals surface area contributed by atoms with E-state index in [0.717, 1.165) is 10.9 Å². The Balaban J connectivity index is 1.97. The van der Waals surface area contributed by atoms with Gasteiger partial charge in [-0.2, -0.15) is 0 Å². The molecule has 1 amide bonds. The summed E-state index contributed by atoms with van der Waals surface area (Å²) in [4.78, 5) is 12.2. The first kappa shape index (κ1) is 18.3. The van der Waals surface area contributed by atoms with E-state index in [1.807, 2.05) is 56.3 Å². The molecule has 128 valence electrons. The second-order valence-electron chi connectivity index (χ2n) is 5.62. The van der Waals surface area contributed by atoms with Crippen LogP contribution >= 0.6 is 15.9 Å². The van der Waals surface area contributed by atoms with Crippen molar-refractivity contribution in [3.63, 3.8) is 0 Å². The number of anilines is 1. The van der Waals surface area contributed by atoms with Crippen molar-refractivity contribution in [1.82, 2.24) is 0 Å². The van der Waals surface area contributed by atoms with Crippen LogP contribution in [-0.2, 0) is 11.2 Å². The molecule has 2 rings (SSSR count). The van der Waals surface area contributed by atoms with E-state index >= 15 is 0 Å². The normalized spacial score (nSPS) is 10.5. The fourth-order valence-electron chi connectivity index (χ4n) is 2.14. The van der Waals surface area contributed by atoms with E-state index in [0.29, 0.717) is 17.2 Å². The van der Waals surface area contributed by atoms with Gasteiger partial charge in [0, 0.05) is 0 Å². The van der Waals surface area contributed by atoms with Gasteiger partial charge in [-0.3, -0.25) is 4.79 Å². The lowest BCUT2D eigenvalue weighted by Gasteiger charge is -2.15. The molecule has 0 heterocycles. The number of ether oxygens (including phenoxy) is 2. The molecule has 0 saturated carbocycles. The van der Waals surface area contributed by atoms with Crippen LogP contribution in [0.2, 0.25) is 0 Å². The molecule has 4 nitrogen and oxygen atoms in total. The molecule has 0 atom stereocenters. The van der Waals surface area contributed by atoms with Crippen molar-refractivity contribution >= 4 is 27.5 Å². The van der Waals surface area contributed by atoms with Gasteiger partial charge in [-0.05, 0) is 66.0 Å². The Morgan fingerprint density at radius 3 is 2.58 bits per heavy atom. The van der Waals surface area contributed by atoms with Gasteiger partial charge < -0.3 is 14.8 Å². The van der Waals surface area contributed by atoms with Gasteiger partial charge in [-0.1, -0.05) is 25.1 Å². The lowest BCUT2D eigenvalue weighted by atomic mass is 10.2. The van der Waals surface area contributed by atoms with E-state index in [-0.39, 0.29) is 18.6 Å². The Bertz CT molecular complexity index is 701. The molecule has 2 aromatic carbocycles. The topological polar surface area (TPSA) is 47.6 Å². The van der Waals surface area contributed by atoms with E-state index in [1.54, 1.807) is 0 Å². The maximum Gasteiger partial charge on any atom is 0.262 e. The van der Waals surface area contributed by atoms with Crippen LogP contribution in [0.1, 0.15) is 26.3 Å². The molecule has 24 heavy (non-hydrogen) atoms. The largest absolute Gasteiger partial charge is 0.489 e. The summed E-state index contributed by atoms with van der Waals surface area (Å²) in [5.74, 6) is 1.06. The van der Waals surface area contributed by atoms with Gasteiger partial charge >= 0.3 is 0 Å². The highest BCUT2D eigenvalue weighted by atomic mass is 79.9. The predicted octanol–water partition coefficient (Wildman–Crippen LogP) is 4.82. The summed E-state index contributed by atoms with van der Waals surface area (Å²) < 4.78 is 12.1. The van der Waals surface area contributed by atoms with E-state index in [2.05, 4.69) is 28.2 Å². The molecule has 0 aliphatic carbocycles. The lowest BCUT2D eigenvalue weighted by Crippen LogP contribution is -2.21. The summed E-state index contributed by atoms with van der Waals surface area (Å²) in [5, 5.41) is 2.82. The zero-order valence-electron chi connectivity index (χ0n) is 14.1. The van der Waals surface area contributed by atoms with Crippen molar-refractivity contribution in [3.05, 3.63) is 52.5 Å². The van der Waals surface area contributed by atoms with Gasteiger partial charge in [0.15, 0.2) is 6.61 Å². The number of rotatable bonds is 7. The van der Waals surface area contributed by atoms with E-state index in [9.17, 15) is 4.79 Å². The molecule has 2 aromatic rings. The highest BCUT2D eigenvalue weighted by molar-refractivity contribution is 9.10. The van der Waals surface area contributed by atoms with Crippen molar-refractivity contribution < 1.29 is 14.3 Å². The number of carbonyl (C=O) groups excluding carboxylic acids is 1. The van der Waals surface area contributed by atoms with Crippen LogP contribution < -0.4 is 14.8 Å². The molecule has 0 aliphatic rings. The first-order valence-corrected chi connectivity index (χ1v) is 8.75. The quantitative estimate of drug-likeness (QED) is 0.735. The maximum absolute atomic E-state index is 12.2. The van der Waals surface area contributed by atoms with Crippen LogP contribution in [0.15, 0.2) is 46.9 Å². The minimum Gasteiger partial charge on any atom is -0.489 e. The van der Waals surface area contributed by atoms with Gasteiger partial charge in [0.2, 0.25) is 0 Å². The summed E-state index contributed by atoms with van der Waals surface area (Å²) in [6, 6.07) is 13.2. The fourth-order valence-corrected chi connectivity index (χ4v) is 2.68. The standard InChI is InChI=1S/C19H22BrNO3/c1-4-14-9-10-17(15(20)11-14)23-12-19(22)21-16-7-5-6-8-18(16)24-13(2)3/h5-11,13H,4,12H2,1-3H3,(H,21,22). The average Bonchev–Trinajstić information content (AvgIpc) is 2.55. The number of hydrogen-bond acceptors (Lipinski definition) is 3. The molecule has 5 heteroatoms. The number of halogens is 1. The minimum atomic E-state index is -0.235. The number of hydrogen-bond donors (Lipinski definition) is 1. The SMILES string of the molecule is CCc1ccc(OCC(=O)Nc2ccccc2OC(C)C)c(Br)c1. The number of aryl methyl sites for hydroxylation is 1. The third-order valence-electron chi connectivity index (χ3n) is 3.29. The van der Waals surface area contributed by atoms with Crippen LogP contribution in [0.25, 0.3) is 0 Å². The minimum absolute atomic E-state index is 0.0346. The number of benzene rings is 2. The molecule has 1 N–H and O–H groups in total. The highest BCUT2D eigenvalue weighted by Gasteiger charge is 2.10. The molecular weight excluding hydrogens is 370 g/mol. The molecule has 0 aromatic heterocycles.